The molecular weight excluding hydrogens is 268 g/mol. The highest BCUT2D eigenvalue weighted by molar-refractivity contribution is 5.77. The fraction of sp³-hybridized carbons (Fsp3) is 0.562. The fourth-order valence-electron chi connectivity index (χ4n) is 2.20. The summed E-state index contributed by atoms with van der Waals surface area (Å²) in [7, 11) is 3.62. The predicted molar refractivity (Wildman–Crippen MR) is 82.8 cm³/mol. The van der Waals surface area contributed by atoms with Crippen LogP contribution in [0.1, 0.15) is 19.8 Å². The molecule has 5 nitrogen and oxygen atoms in total. The molecule has 0 aliphatic heterocycles. The van der Waals surface area contributed by atoms with Crippen molar-refractivity contribution in [3.8, 4) is 5.75 Å². The average Bonchev–Trinajstić information content (AvgIpc) is 3.30. The Labute approximate surface area is 126 Å². The van der Waals surface area contributed by atoms with Gasteiger partial charge in [-0.3, -0.25) is 4.79 Å². The van der Waals surface area contributed by atoms with Crippen LogP contribution >= 0.6 is 0 Å². The molecule has 5 heteroatoms. The first kappa shape index (κ1) is 15.6. The Morgan fingerprint density at radius 1 is 1.48 bits per heavy atom. The van der Waals surface area contributed by atoms with Crippen LogP contribution in [0.5, 0.6) is 5.75 Å². The van der Waals surface area contributed by atoms with Crippen LogP contribution in [0.25, 0.3) is 0 Å². The molecule has 1 atom stereocenters. The topological polar surface area (TPSA) is 50.8 Å². The van der Waals surface area contributed by atoms with Crippen molar-refractivity contribution in [1.29, 1.82) is 0 Å². The second kappa shape index (κ2) is 7.31. The number of methoxy groups -OCH3 is 1. The van der Waals surface area contributed by atoms with Crippen molar-refractivity contribution < 1.29 is 14.3 Å². The zero-order valence-electron chi connectivity index (χ0n) is 13.0. The number of ether oxygens (including phenoxy) is 2. The molecule has 0 heterocycles. The first-order chi connectivity index (χ1) is 10.1. The minimum atomic E-state index is -0.298. The molecule has 1 aliphatic rings. The van der Waals surface area contributed by atoms with Crippen LogP contribution in [-0.4, -0.2) is 45.4 Å². The van der Waals surface area contributed by atoms with Gasteiger partial charge in [0, 0.05) is 31.4 Å². The van der Waals surface area contributed by atoms with Crippen LogP contribution in [0, 0.1) is 0 Å². The molecule has 0 spiro atoms. The minimum Gasteiger partial charge on any atom is -0.497 e. The van der Waals surface area contributed by atoms with Gasteiger partial charge in [-0.15, -0.1) is 0 Å². The van der Waals surface area contributed by atoms with Gasteiger partial charge < -0.3 is 19.7 Å². The van der Waals surface area contributed by atoms with Gasteiger partial charge in [0.1, 0.15) is 11.8 Å². The van der Waals surface area contributed by atoms with Crippen LogP contribution in [-0.2, 0) is 9.53 Å². The van der Waals surface area contributed by atoms with Gasteiger partial charge in [0.2, 0.25) is 0 Å². The minimum absolute atomic E-state index is 0.181. The predicted octanol–water partition coefficient (Wildman–Crippen LogP) is 1.82. The van der Waals surface area contributed by atoms with Crippen molar-refractivity contribution in [2.24, 2.45) is 0 Å². The molecule has 1 unspecified atom stereocenters. The molecule has 1 aromatic rings. The summed E-state index contributed by atoms with van der Waals surface area (Å²) in [6.07, 6.45) is 2.28. The van der Waals surface area contributed by atoms with E-state index >= 15 is 0 Å². The Kier molecular flexibility index (Phi) is 5.44. The van der Waals surface area contributed by atoms with E-state index in [4.69, 9.17) is 9.47 Å². The number of esters is 1. The third-order valence-electron chi connectivity index (χ3n) is 3.54. The summed E-state index contributed by atoms with van der Waals surface area (Å²) >= 11 is 0. The lowest BCUT2D eigenvalue weighted by Crippen LogP contribution is -2.47. The fourth-order valence-corrected chi connectivity index (χ4v) is 2.20. The Morgan fingerprint density at radius 3 is 2.86 bits per heavy atom. The summed E-state index contributed by atoms with van der Waals surface area (Å²) in [5.41, 5.74) is 1.02. The maximum Gasteiger partial charge on any atom is 0.324 e. The lowest BCUT2D eigenvalue weighted by molar-refractivity contribution is -0.145. The van der Waals surface area contributed by atoms with E-state index in [1.807, 2.05) is 43.1 Å². The van der Waals surface area contributed by atoms with E-state index in [0.717, 1.165) is 24.3 Å². The Hall–Kier alpha value is -1.75. The monoisotopic (exact) mass is 292 g/mol. The highest BCUT2D eigenvalue weighted by atomic mass is 16.5. The third kappa shape index (κ3) is 4.63. The summed E-state index contributed by atoms with van der Waals surface area (Å²) in [5, 5.41) is 3.36. The van der Waals surface area contributed by atoms with E-state index in [0.29, 0.717) is 19.2 Å². The molecule has 2 rings (SSSR count). The molecule has 1 aliphatic carbocycles. The second-order valence-corrected chi connectivity index (χ2v) is 5.33. The van der Waals surface area contributed by atoms with Gasteiger partial charge in [-0.2, -0.15) is 0 Å². The lowest BCUT2D eigenvalue weighted by Gasteiger charge is -2.25. The second-order valence-electron chi connectivity index (χ2n) is 5.33. The number of hydrogen-bond acceptors (Lipinski definition) is 5. The summed E-state index contributed by atoms with van der Waals surface area (Å²) in [5.74, 6) is 0.626. The number of rotatable bonds is 8. The summed E-state index contributed by atoms with van der Waals surface area (Å²) in [6, 6.07) is 7.97. The molecule has 0 aromatic heterocycles. The molecule has 0 saturated heterocycles. The standard InChI is InChI=1S/C16H24N2O3/c1-4-21-16(19)15(17-12-8-9-12)11-18(2)13-6-5-7-14(10-13)20-3/h5-7,10,12,15,17H,4,8-9,11H2,1-3H3. The van der Waals surface area contributed by atoms with Crippen LogP contribution in [0.15, 0.2) is 24.3 Å². The lowest BCUT2D eigenvalue weighted by atomic mass is 10.2. The van der Waals surface area contributed by atoms with E-state index in [-0.39, 0.29) is 12.0 Å². The highest BCUT2D eigenvalue weighted by Gasteiger charge is 2.30. The number of anilines is 1. The first-order valence-corrected chi connectivity index (χ1v) is 7.42. The Balaban J connectivity index is 2.01. The smallest absolute Gasteiger partial charge is 0.324 e. The molecule has 1 fully saturated rings. The number of likely N-dealkylation sites (N-methyl/N-ethyl adjacent to an activating group) is 1. The number of nitrogens with zero attached hydrogens (tertiary/aromatic N) is 1. The first-order valence-electron chi connectivity index (χ1n) is 7.42. The van der Waals surface area contributed by atoms with Crippen molar-refractivity contribution in [2.45, 2.75) is 31.8 Å². The van der Waals surface area contributed by atoms with E-state index in [9.17, 15) is 4.79 Å². The van der Waals surface area contributed by atoms with Gasteiger partial charge in [0.05, 0.1) is 13.7 Å². The average molecular weight is 292 g/mol. The quantitative estimate of drug-likeness (QED) is 0.741. The van der Waals surface area contributed by atoms with Crippen LogP contribution in [0.3, 0.4) is 0 Å². The van der Waals surface area contributed by atoms with E-state index in [1.165, 1.54) is 0 Å². The maximum absolute atomic E-state index is 12.1. The van der Waals surface area contributed by atoms with Gasteiger partial charge in [-0.05, 0) is 31.9 Å². The SMILES string of the molecule is CCOC(=O)C(CN(C)c1cccc(OC)c1)NC1CC1. The van der Waals surface area contributed by atoms with Gasteiger partial charge in [-0.1, -0.05) is 6.07 Å². The summed E-state index contributed by atoms with van der Waals surface area (Å²) in [6.45, 7) is 2.81. The molecule has 1 N–H and O–H groups in total. The van der Waals surface area contributed by atoms with Crippen molar-refractivity contribution >= 4 is 11.7 Å². The third-order valence-corrected chi connectivity index (χ3v) is 3.54. The molecule has 116 valence electrons. The Bertz CT molecular complexity index is 474. The molecule has 1 saturated carbocycles. The van der Waals surface area contributed by atoms with Crippen molar-refractivity contribution in [3.05, 3.63) is 24.3 Å². The molecule has 0 radical (unpaired) electrons. The molecular formula is C16H24N2O3. The van der Waals surface area contributed by atoms with Crippen molar-refractivity contribution in [2.75, 3.05) is 32.2 Å². The summed E-state index contributed by atoms with van der Waals surface area (Å²) in [4.78, 5) is 14.1. The number of hydrogen-bond donors (Lipinski definition) is 1. The van der Waals surface area contributed by atoms with Gasteiger partial charge in [0.25, 0.3) is 0 Å². The van der Waals surface area contributed by atoms with Crippen LogP contribution in [0.2, 0.25) is 0 Å². The van der Waals surface area contributed by atoms with E-state index in [1.54, 1.807) is 7.11 Å². The number of carbonyl (C=O) groups excluding carboxylic acids is 1. The zero-order chi connectivity index (χ0) is 15.2. The number of nitrogens with one attached hydrogen (secondary N) is 1. The molecule has 0 amide bonds. The van der Waals surface area contributed by atoms with Crippen LogP contribution in [0.4, 0.5) is 5.69 Å². The van der Waals surface area contributed by atoms with Crippen LogP contribution < -0.4 is 15.0 Å². The van der Waals surface area contributed by atoms with E-state index in [2.05, 4.69) is 5.32 Å². The van der Waals surface area contributed by atoms with Gasteiger partial charge >= 0.3 is 5.97 Å². The highest BCUT2D eigenvalue weighted by Crippen LogP contribution is 2.22. The van der Waals surface area contributed by atoms with Crippen molar-refractivity contribution in [1.82, 2.24) is 5.32 Å². The maximum atomic E-state index is 12.1. The number of benzene rings is 1. The van der Waals surface area contributed by atoms with Gasteiger partial charge in [0.15, 0.2) is 0 Å². The molecule has 0 bridgehead atoms. The largest absolute Gasteiger partial charge is 0.497 e. The van der Waals surface area contributed by atoms with Crippen molar-refractivity contribution in [3.63, 3.8) is 0 Å². The molecule has 21 heavy (non-hydrogen) atoms. The molecule has 1 aromatic carbocycles. The normalized spacial score (nSPS) is 15.4. The number of carbonyl (C=O) groups is 1. The zero-order valence-corrected chi connectivity index (χ0v) is 13.0. The Morgan fingerprint density at radius 2 is 2.24 bits per heavy atom. The van der Waals surface area contributed by atoms with Gasteiger partial charge in [-0.25, -0.2) is 0 Å². The van der Waals surface area contributed by atoms with E-state index < -0.39 is 0 Å². The summed E-state index contributed by atoms with van der Waals surface area (Å²) < 4.78 is 10.4.